The average molecular weight is 272 g/mol. The number of aliphatic carboxylic acids is 1. The SMILES string of the molecule is CC(C)(C)OC(=O)N[C@@H](CCN1CCCC1)C(=O)O. The first-order chi connectivity index (χ1) is 8.78. The molecule has 0 aromatic rings. The molecule has 1 aliphatic rings. The molecule has 0 bridgehead atoms. The quantitative estimate of drug-likeness (QED) is 0.792. The van der Waals surface area contributed by atoms with Crippen molar-refractivity contribution < 1.29 is 19.4 Å². The van der Waals surface area contributed by atoms with Gasteiger partial charge in [-0.1, -0.05) is 0 Å². The zero-order valence-electron chi connectivity index (χ0n) is 11.9. The maximum atomic E-state index is 11.6. The number of likely N-dealkylation sites (tertiary alicyclic amines) is 1. The van der Waals surface area contributed by atoms with E-state index in [2.05, 4.69) is 10.2 Å². The van der Waals surface area contributed by atoms with Crippen LogP contribution in [0, 0.1) is 0 Å². The number of nitrogens with one attached hydrogen (secondary N) is 1. The van der Waals surface area contributed by atoms with Gasteiger partial charge in [0.25, 0.3) is 0 Å². The van der Waals surface area contributed by atoms with E-state index < -0.39 is 23.7 Å². The molecule has 1 amide bonds. The van der Waals surface area contributed by atoms with Gasteiger partial charge in [-0.25, -0.2) is 9.59 Å². The lowest BCUT2D eigenvalue weighted by atomic mass is 10.2. The lowest BCUT2D eigenvalue weighted by molar-refractivity contribution is -0.139. The number of carboxylic acids is 1. The summed E-state index contributed by atoms with van der Waals surface area (Å²) >= 11 is 0. The highest BCUT2D eigenvalue weighted by molar-refractivity contribution is 5.79. The van der Waals surface area contributed by atoms with Crippen LogP contribution >= 0.6 is 0 Å². The highest BCUT2D eigenvalue weighted by Crippen LogP contribution is 2.10. The summed E-state index contributed by atoms with van der Waals surface area (Å²) in [6.45, 7) is 7.94. The van der Waals surface area contributed by atoms with Crippen molar-refractivity contribution >= 4 is 12.1 Å². The second-order valence-corrected chi connectivity index (χ2v) is 5.87. The molecule has 0 aromatic heterocycles. The van der Waals surface area contributed by atoms with Crippen LogP contribution in [0.15, 0.2) is 0 Å². The van der Waals surface area contributed by atoms with Gasteiger partial charge in [0, 0.05) is 6.54 Å². The summed E-state index contributed by atoms with van der Waals surface area (Å²) in [5.74, 6) is -1.02. The number of hydrogen-bond donors (Lipinski definition) is 2. The van der Waals surface area contributed by atoms with Crippen molar-refractivity contribution in [1.82, 2.24) is 10.2 Å². The summed E-state index contributed by atoms with van der Waals surface area (Å²) in [7, 11) is 0. The Labute approximate surface area is 114 Å². The Bertz CT molecular complexity index is 319. The van der Waals surface area contributed by atoms with E-state index >= 15 is 0 Å². The van der Waals surface area contributed by atoms with Crippen LogP contribution in [0.5, 0.6) is 0 Å². The second-order valence-electron chi connectivity index (χ2n) is 5.87. The Balaban J connectivity index is 2.39. The first-order valence-corrected chi connectivity index (χ1v) is 6.72. The normalized spacial score (nSPS) is 18.1. The summed E-state index contributed by atoms with van der Waals surface area (Å²) < 4.78 is 5.06. The van der Waals surface area contributed by atoms with Gasteiger partial charge in [0.2, 0.25) is 0 Å². The van der Waals surface area contributed by atoms with Crippen LogP contribution in [-0.2, 0) is 9.53 Å². The fourth-order valence-electron chi connectivity index (χ4n) is 2.03. The molecular formula is C13H24N2O4. The topological polar surface area (TPSA) is 78.9 Å². The van der Waals surface area contributed by atoms with Gasteiger partial charge in [0.15, 0.2) is 0 Å². The highest BCUT2D eigenvalue weighted by atomic mass is 16.6. The van der Waals surface area contributed by atoms with Gasteiger partial charge in [-0.2, -0.15) is 0 Å². The van der Waals surface area contributed by atoms with Crippen LogP contribution in [-0.4, -0.2) is 53.3 Å². The molecule has 0 aromatic carbocycles. The number of rotatable bonds is 5. The minimum absolute atomic E-state index is 0.397. The summed E-state index contributed by atoms with van der Waals surface area (Å²) in [5.41, 5.74) is -0.623. The van der Waals surface area contributed by atoms with Gasteiger partial charge in [-0.05, 0) is 53.1 Å². The number of carboxylic acid groups (broad SMARTS) is 1. The molecule has 0 saturated carbocycles. The standard InChI is InChI=1S/C13H24N2O4/c1-13(2,3)19-12(18)14-10(11(16)17)6-9-15-7-4-5-8-15/h10H,4-9H2,1-3H3,(H,14,18)(H,16,17)/t10-/m0/s1. The molecule has 0 radical (unpaired) electrons. The van der Waals surface area contributed by atoms with E-state index in [4.69, 9.17) is 9.84 Å². The molecule has 1 fully saturated rings. The van der Waals surface area contributed by atoms with Gasteiger partial charge in [0.1, 0.15) is 11.6 Å². The van der Waals surface area contributed by atoms with Crippen molar-refractivity contribution in [2.24, 2.45) is 0 Å². The minimum atomic E-state index is -1.02. The molecule has 1 heterocycles. The van der Waals surface area contributed by atoms with Gasteiger partial charge in [-0.15, -0.1) is 0 Å². The van der Waals surface area contributed by atoms with Gasteiger partial charge in [-0.3, -0.25) is 0 Å². The minimum Gasteiger partial charge on any atom is -0.480 e. The van der Waals surface area contributed by atoms with E-state index in [0.29, 0.717) is 13.0 Å². The van der Waals surface area contributed by atoms with E-state index in [9.17, 15) is 9.59 Å². The molecule has 6 nitrogen and oxygen atoms in total. The molecule has 0 aliphatic carbocycles. The molecule has 0 unspecified atom stereocenters. The molecule has 1 atom stereocenters. The van der Waals surface area contributed by atoms with Crippen molar-refractivity contribution in [3.05, 3.63) is 0 Å². The third-order valence-electron chi connectivity index (χ3n) is 2.92. The maximum Gasteiger partial charge on any atom is 0.408 e. The first-order valence-electron chi connectivity index (χ1n) is 6.72. The molecule has 1 saturated heterocycles. The van der Waals surface area contributed by atoms with Crippen LogP contribution in [0.3, 0.4) is 0 Å². The number of amides is 1. The smallest absolute Gasteiger partial charge is 0.408 e. The van der Waals surface area contributed by atoms with E-state index in [0.717, 1.165) is 25.9 Å². The van der Waals surface area contributed by atoms with E-state index in [1.54, 1.807) is 20.8 Å². The molecule has 110 valence electrons. The van der Waals surface area contributed by atoms with Crippen LogP contribution in [0.25, 0.3) is 0 Å². The van der Waals surface area contributed by atoms with Crippen molar-refractivity contribution in [1.29, 1.82) is 0 Å². The lowest BCUT2D eigenvalue weighted by Gasteiger charge is -2.23. The Morgan fingerprint density at radius 1 is 1.32 bits per heavy atom. The zero-order valence-corrected chi connectivity index (χ0v) is 11.9. The Hall–Kier alpha value is -1.30. The monoisotopic (exact) mass is 272 g/mol. The van der Waals surface area contributed by atoms with Crippen molar-refractivity contribution in [3.8, 4) is 0 Å². The van der Waals surface area contributed by atoms with E-state index in [1.807, 2.05) is 0 Å². The third kappa shape index (κ3) is 6.42. The van der Waals surface area contributed by atoms with Crippen molar-refractivity contribution in [2.75, 3.05) is 19.6 Å². The molecule has 1 rings (SSSR count). The van der Waals surface area contributed by atoms with Crippen molar-refractivity contribution in [2.45, 2.75) is 51.7 Å². The largest absolute Gasteiger partial charge is 0.480 e. The predicted octanol–water partition coefficient (Wildman–Crippen LogP) is 1.45. The molecule has 1 aliphatic heterocycles. The molecular weight excluding hydrogens is 248 g/mol. The number of nitrogens with zero attached hydrogens (tertiary/aromatic N) is 1. The Morgan fingerprint density at radius 3 is 2.37 bits per heavy atom. The van der Waals surface area contributed by atoms with Crippen LogP contribution < -0.4 is 5.32 Å². The fourth-order valence-corrected chi connectivity index (χ4v) is 2.03. The average Bonchev–Trinajstić information content (AvgIpc) is 2.73. The van der Waals surface area contributed by atoms with Crippen LogP contribution in [0.2, 0.25) is 0 Å². The van der Waals surface area contributed by atoms with Crippen LogP contribution in [0.1, 0.15) is 40.0 Å². The van der Waals surface area contributed by atoms with Crippen LogP contribution in [0.4, 0.5) is 4.79 Å². The predicted molar refractivity (Wildman–Crippen MR) is 71.1 cm³/mol. The molecule has 2 N–H and O–H groups in total. The van der Waals surface area contributed by atoms with Gasteiger partial charge >= 0.3 is 12.1 Å². The van der Waals surface area contributed by atoms with Gasteiger partial charge < -0.3 is 20.1 Å². The number of alkyl carbamates (subject to hydrolysis) is 1. The first kappa shape index (κ1) is 15.8. The summed E-state index contributed by atoms with van der Waals surface area (Å²) in [6, 6.07) is -0.893. The van der Waals surface area contributed by atoms with E-state index in [-0.39, 0.29) is 0 Å². The number of carbonyl (C=O) groups excluding carboxylic acids is 1. The number of ether oxygens (including phenoxy) is 1. The molecule has 19 heavy (non-hydrogen) atoms. The molecule has 6 heteroatoms. The number of carbonyl (C=O) groups is 2. The Morgan fingerprint density at radius 2 is 1.89 bits per heavy atom. The van der Waals surface area contributed by atoms with Gasteiger partial charge in [0.05, 0.1) is 0 Å². The fraction of sp³-hybridized carbons (Fsp3) is 0.846. The number of hydrogen-bond acceptors (Lipinski definition) is 4. The zero-order chi connectivity index (χ0) is 14.5. The maximum absolute atomic E-state index is 11.6. The summed E-state index contributed by atoms with van der Waals surface area (Å²) in [5, 5.41) is 11.5. The second kappa shape index (κ2) is 6.75. The highest BCUT2D eigenvalue weighted by Gasteiger charge is 2.24. The summed E-state index contributed by atoms with van der Waals surface area (Å²) in [6.07, 6.45) is 2.05. The Kier molecular flexibility index (Phi) is 5.60. The lowest BCUT2D eigenvalue weighted by Crippen LogP contribution is -2.45. The molecule has 0 spiro atoms. The third-order valence-corrected chi connectivity index (χ3v) is 2.92. The van der Waals surface area contributed by atoms with Crippen molar-refractivity contribution in [3.63, 3.8) is 0 Å². The summed E-state index contributed by atoms with van der Waals surface area (Å²) in [4.78, 5) is 24.9. The van der Waals surface area contributed by atoms with E-state index in [1.165, 1.54) is 0 Å².